The molecule has 0 radical (unpaired) electrons. The smallest absolute Gasteiger partial charge is 0.307 e. The van der Waals surface area contributed by atoms with Gasteiger partial charge in [0.1, 0.15) is 11.8 Å². The number of nitrogens with zero attached hydrogens (tertiary/aromatic N) is 2. The molecule has 0 saturated carbocycles. The van der Waals surface area contributed by atoms with E-state index in [1.54, 1.807) is 48.5 Å². The second-order valence-electron chi connectivity index (χ2n) is 10.0. The summed E-state index contributed by atoms with van der Waals surface area (Å²) in [5, 5.41) is 9.16. The maximum Gasteiger partial charge on any atom is 0.307 e. The Morgan fingerprint density at radius 1 is 1.10 bits per heavy atom. The first-order valence-electron chi connectivity index (χ1n) is 12.7. The maximum absolute atomic E-state index is 13.4. The predicted octanol–water partition coefficient (Wildman–Crippen LogP) is 3.19. The second-order valence-corrected chi connectivity index (χ2v) is 10.5. The van der Waals surface area contributed by atoms with Gasteiger partial charge in [-0.05, 0) is 42.7 Å². The largest absolute Gasteiger partial charge is 0.493 e. The van der Waals surface area contributed by atoms with Gasteiger partial charge in [0, 0.05) is 25.0 Å². The van der Waals surface area contributed by atoms with Crippen molar-refractivity contribution in [1.82, 2.24) is 15.6 Å². The molecule has 0 bridgehead atoms. The number of nitrogens with one attached hydrogen (secondary N) is 2. The van der Waals surface area contributed by atoms with Crippen LogP contribution in [0, 0.1) is 5.41 Å². The number of hydrogen-bond acceptors (Lipinski definition) is 7. The van der Waals surface area contributed by atoms with Crippen LogP contribution in [0.4, 0.5) is 5.69 Å². The average molecular weight is 559 g/mol. The number of para-hydroxylation sites is 1. The topological polar surface area (TPSA) is 117 Å². The van der Waals surface area contributed by atoms with Crippen LogP contribution in [-0.4, -0.2) is 68.1 Å². The molecule has 10 nitrogen and oxygen atoms in total. The fourth-order valence-corrected chi connectivity index (χ4v) is 4.63. The second kappa shape index (κ2) is 12.9. The number of anilines is 1. The summed E-state index contributed by atoms with van der Waals surface area (Å²) in [6.45, 7) is 6.05. The van der Waals surface area contributed by atoms with Crippen molar-refractivity contribution in [1.29, 1.82) is 0 Å². The Balaban J connectivity index is 1.69. The Bertz CT molecular complexity index is 1210. The molecule has 2 aromatic carbocycles. The zero-order valence-corrected chi connectivity index (χ0v) is 23.6. The van der Waals surface area contributed by atoms with E-state index in [2.05, 4.69) is 10.6 Å². The van der Waals surface area contributed by atoms with Crippen LogP contribution in [0.5, 0.6) is 5.75 Å². The summed E-state index contributed by atoms with van der Waals surface area (Å²) in [5.41, 5.74) is 0.261. The van der Waals surface area contributed by atoms with Crippen molar-refractivity contribution in [3.05, 3.63) is 59.1 Å². The highest BCUT2D eigenvalue weighted by atomic mass is 35.5. The normalized spacial score (nSPS) is 17.6. The van der Waals surface area contributed by atoms with Gasteiger partial charge in [0.05, 0.1) is 37.4 Å². The quantitative estimate of drug-likeness (QED) is 0.407. The number of hydrazine groups is 1. The Labute approximate surface area is 233 Å². The zero-order chi connectivity index (χ0) is 28.7. The summed E-state index contributed by atoms with van der Waals surface area (Å²) in [4.78, 5) is 51.6. The third-order valence-electron chi connectivity index (χ3n) is 6.43. The standard InChI is InChI=1S/C28H35ClN4O6/c1-6-39-22-13-12-18(29)14-20(22)26(36)30-17-28(2,3)16-23(34)31-25-21(15-24(35)38-5)32(4)33(27(25)37)19-10-8-7-9-11-19/h7-14,21,25H,6,15-17H2,1-5H3,(H,30,36)(H,31,34). The van der Waals surface area contributed by atoms with E-state index in [-0.39, 0.29) is 37.1 Å². The van der Waals surface area contributed by atoms with Gasteiger partial charge in [0.15, 0.2) is 0 Å². The molecular formula is C28H35ClN4O6. The molecule has 1 fully saturated rings. The molecule has 11 heteroatoms. The van der Waals surface area contributed by atoms with Crippen LogP contribution in [0.1, 0.15) is 44.0 Å². The molecule has 2 N–H and O–H groups in total. The predicted molar refractivity (Wildman–Crippen MR) is 147 cm³/mol. The fourth-order valence-electron chi connectivity index (χ4n) is 4.45. The van der Waals surface area contributed by atoms with Gasteiger partial charge in [-0.15, -0.1) is 0 Å². The molecule has 2 aromatic rings. The highest BCUT2D eigenvalue weighted by molar-refractivity contribution is 6.31. The number of esters is 1. The van der Waals surface area contributed by atoms with Gasteiger partial charge in [-0.25, -0.2) is 10.0 Å². The van der Waals surface area contributed by atoms with Gasteiger partial charge < -0.3 is 20.1 Å². The van der Waals surface area contributed by atoms with E-state index in [9.17, 15) is 19.2 Å². The summed E-state index contributed by atoms with van der Waals surface area (Å²) in [6, 6.07) is 12.2. The van der Waals surface area contributed by atoms with Crippen molar-refractivity contribution >= 4 is 41.0 Å². The molecule has 3 amide bonds. The molecule has 1 saturated heterocycles. The van der Waals surface area contributed by atoms with E-state index in [0.29, 0.717) is 28.6 Å². The van der Waals surface area contributed by atoms with Gasteiger partial charge in [-0.1, -0.05) is 43.6 Å². The molecule has 210 valence electrons. The lowest BCUT2D eigenvalue weighted by Crippen LogP contribution is -2.49. The number of carbonyl (C=O) groups excluding carboxylic acids is 4. The number of likely N-dealkylation sites (N-methyl/N-ethyl adjacent to an activating group) is 1. The number of carbonyl (C=O) groups is 4. The van der Waals surface area contributed by atoms with Crippen molar-refractivity contribution in [2.45, 2.75) is 45.7 Å². The third-order valence-corrected chi connectivity index (χ3v) is 6.66. The minimum Gasteiger partial charge on any atom is -0.493 e. The SMILES string of the molecule is CCOc1ccc(Cl)cc1C(=O)NCC(C)(C)CC(=O)NC1C(=O)N(c2ccccc2)N(C)C1CC(=O)OC. The number of benzene rings is 2. The molecule has 1 aliphatic heterocycles. The first-order valence-corrected chi connectivity index (χ1v) is 13.0. The van der Waals surface area contributed by atoms with Gasteiger partial charge in [-0.2, -0.15) is 0 Å². The van der Waals surface area contributed by atoms with Crippen LogP contribution in [0.25, 0.3) is 0 Å². The van der Waals surface area contributed by atoms with E-state index in [0.717, 1.165) is 0 Å². The van der Waals surface area contributed by atoms with Crippen LogP contribution >= 0.6 is 11.6 Å². The van der Waals surface area contributed by atoms with Crippen molar-refractivity contribution in [2.24, 2.45) is 5.41 Å². The summed E-state index contributed by atoms with van der Waals surface area (Å²) >= 11 is 6.07. The highest BCUT2D eigenvalue weighted by Gasteiger charge is 2.47. The van der Waals surface area contributed by atoms with Crippen molar-refractivity contribution in [3.8, 4) is 5.75 Å². The molecular weight excluding hydrogens is 524 g/mol. The molecule has 0 aliphatic carbocycles. The van der Waals surface area contributed by atoms with Crippen LogP contribution in [0.15, 0.2) is 48.5 Å². The molecule has 2 atom stereocenters. The molecule has 3 rings (SSSR count). The summed E-state index contributed by atoms with van der Waals surface area (Å²) in [6.07, 6.45) is -0.0702. The van der Waals surface area contributed by atoms with Gasteiger partial charge >= 0.3 is 5.97 Å². The first-order chi connectivity index (χ1) is 18.5. The number of methoxy groups -OCH3 is 1. The number of rotatable bonds is 11. The monoisotopic (exact) mass is 558 g/mol. The molecule has 1 aliphatic rings. The summed E-state index contributed by atoms with van der Waals surface area (Å²) in [7, 11) is 2.97. The summed E-state index contributed by atoms with van der Waals surface area (Å²) in [5.74, 6) is -1.20. The Morgan fingerprint density at radius 2 is 1.79 bits per heavy atom. The lowest BCUT2D eigenvalue weighted by atomic mass is 9.88. The minimum absolute atomic E-state index is 0.0188. The van der Waals surface area contributed by atoms with E-state index in [4.69, 9.17) is 21.1 Å². The van der Waals surface area contributed by atoms with Crippen molar-refractivity contribution < 1.29 is 28.7 Å². The first kappa shape index (κ1) is 29.9. The van der Waals surface area contributed by atoms with Crippen molar-refractivity contribution in [2.75, 3.05) is 32.3 Å². The maximum atomic E-state index is 13.4. The molecule has 1 heterocycles. The number of hydrogen-bond donors (Lipinski definition) is 2. The average Bonchev–Trinajstić information content (AvgIpc) is 3.12. The van der Waals surface area contributed by atoms with E-state index in [1.165, 1.54) is 18.2 Å². The van der Waals surface area contributed by atoms with E-state index < -0.39 is 23.5 Å². The van der Waals surface area contributed by atoms with Crippen LogP contribution in [0.3, 0.4) is 0 Å². The summed E-state index contributed by atoms with van der Waals surface area (Å²) < 4.78 is 10.4. The van der Waals surface area contributed by atoms with Crippen LogP contribution < -0.4 is 20.4 Å². The lowest BCUT2D eigenvalue weighted by Gasteiger charge is -2.28. The van der Waals surface area contributed by atoms with E-state index >= 15 is 0 Å². The van der Waals surface area contributed by atoms with Crippen LogP contribution in [0.2, 0.25) is 5.02 Å². The number of ether oxygens (including phenoxy) is 2. The minimum atomic E-state index is -0.965. The van der Waals surface area contributed by atoms with Crippen LogP contribution in [-0.2, 0) is 19.1 Å². The fraction of sp³-hybridized carbons (Fsp3) is 0.429. The Hall–Kier alpha value is -3.63. The number of amides is 3. The number of halogens is 1. The highest BCUT2D eigenvalue weighted by Crippen LogP contribution is 2.29. The zero-order valence-electron chi connectivity index (χ0n) is 22.8. The van der Waals surface area contributed by atoms with Crippen molar-refractivity contribution in [3.63, 3.8) is 0 Å². The van der Waals surface area contributed by atoms with Gasteiger partial charge in [-0.3, -0.25) is 19.2 Å². The lowest BCUT2D eigenvalue weighted by molar-refractivity contribution is -0.142. The van der Waals surface area contributed by atoms with E-state index in [1.807, 2.05) is 26.8 Å². The van der Waals surface area contributed by atoms with Gasteiger partial charge in [0.2, 0.25) is 5.91 Å². The Morgan fingerprint density at radius 3 is 2.44 bits per heavy atom. The third kappa shape index (κ3) is 7.48. The molecule has 39 heavy (non-hydrogen) atoms. The van der Waals surface area contributed by atoms with Gasteiger partial charge in [0.25, 0.3) is 11.8 Å². The Kier molecular flexibility index (Phi) is 9.93. The molecule has 0 spiro atoms. The molecule has 2 unspecified atom stereocenters. The molecule has 0 aromatic heterocycles.